The number of amides is 3. The van der Waals surface area contributed by atoms with Crippen molar-refractivity contribution in [3.8, 4) is 0 Å². The van der Waals surface area contributed by atoms with E-state index in [0.29, 0.717) is 13.1 Å². The van der Waals surface area contributed by atoms with Crippen molar-refractivity contribution in [3.63, 3.8) is 0 Å². The fourth-order valence-corrected chi connectivity index (χ4v) is 5.65. The topological polar surface area (TPSA) is 105 Å². The Kier molecular flexibility index (Phi) is 6.59. The Morgan fingerprint density at radius 1 is 1.31 bits per heavy atom. The molecule has 0 bridgehead atoms. The molecule has 3 amide bonds. The summed E-state index contributed by atoms with van der Waals surface area (Å²) in [6.45, 7) is 7.02. The molecule has 1 aliphatic carbocycles. The third-order valence-corrected chi connectivity index (χ3v) is 7.64. The van der Waals surface area contributed by atoms with E-state index in [1.807, 2.05) is 45.0 Å². The van der Waals surface area contributed by atoms with Crippen molar-refractivity contribution < 1.29 is 19.5 Å². The van der Waals surface area contributed by atoms with E-state index in [0.717, 1.165) is 35.0 Å². The van der Waals surface area contributed by atoms with Crippen LogP contribution >= 0.6 is 15.9 Å². The number of aliphatic hydroxyl groups excluding tert-OH is 1. The van der Waals surface area contributed by atoms with E-state index in [1.54, 1.807) is 15.9 Å². The molecule has 1 aromatic carbocycles. The molecule has 5 rings (SSSR count). The fourth-order valence-electron chi connectivity index (χ4n) is 5.24. The molecule has 0 spiro atoms. The summed E-state index contributed by atoms with van der Waals surface area (Å²) in [5.41, 5.74) is 4.98. The van der Waals surface area contributed by atoms with Crippen molar-refractivity contribution >= 4 is 39.3 Å². The molecule has 3 aliphatic heterocycles. The molecule has 4 aliphatic rings. The van der Waals surface area contributed by atoms with Crippen molar-refractivity contribution in [1.29, 1.82) is 0 Å². The zero-order valence-corrected chi connectivity index (χ0v) is 22.3. The maximum atomic E-state index is 13.4. The number of nitrogens with one attached hydrogen (secondary N) is 2. The van der Waals surface area contributed by atoms with Crippen LogP contribution in [-0.2, 0) is 20.8 Å². The molecular weight excluding hydrogens is 526 g/mol. The highest BCUT2D eigenvalue weighted by Gasteiger charge is 2.51. The first-order valence-electron chi connectivity index (χ1n) is 12.5. The van der Waals surface area contributed by atoms with Gasteiger partial charge in [-0.25, -0.2) is 10.4 Å². The molecule has 1 saturated heterocycles. The molecule has 1 saturated carbocycles. The minimum Gasteiger partial charge on any atom is -0.494 e. The van der Waals surface area contributed by atoms with E-state index in [4.69, 9.17) is 0 Å². The van der Waals surface area contributed by atoms with E-state index in [-0.39, 0.29) is 41.3 Å². The first-order valence-corrected chi connectivity index (χ1v) is 13.3. The van der Waals surface area contributed by atoms with Gasteiger partial charge in [-0.05, 0) is 61.9 Å². The number of hydrogen-bond donors (Lipinski definition) is 3. The highest BCUT2D eigenvalue weighted by molar-refractivity contribution is 9.10. The number of aliphatic hydroxyl groups is 1. The van der Waals surface area contributed by atoms with E-state index < -0.39 is 18.0 Å². The number of benzene rings is 1. The number of hydrogen-bond acceptors (Lipinski definition) is 6. The van der Waals surface area contributed by atoms with Gasteiger partial charge in [-0.15, -0.1) is 0 Å². The Bertz CT molecular complexity index is 1160. The number of hydrazine groups is 1. The summed E-state index contributed by atoms with van der Waals surface area (Å²) in [4.78, 5) is 42.8. The number of carbonyl (C=O) groups excluding carboxylic acids is 3. The molecule has 0 radical (unpaired) electrons. The monoisotopic (exact) mass is 557 g/mol. The summed E-state index contributed by atoms with van der Waals surface area (Å²) in [7, 11) is 0. The number of anilines is 1. The molecule has 9 nitrogen and oxygen atoms in total. The highest BCUT2D eigenvalue weighted by atomic mass is 79.9. The number of carbonyl (C=O) groups is 3. The summed E-state index contributed by atoms with van der Waals surface area (Å²) in [6.07, 6.45) is 5.39. The third kappa shape index (κ3) is 4.52. The second kappa shape index (κ2) is 9.55. The lowest BCUT2D eigenvalue weighted by atomic mass is 9.95. The smallest absolute Gasteiger partial charge is 0.280 e. The van der Waals surface area contributed by atoms with Gasteiger partial charge in [0.15, 0.2) is 5.57 Å². The SMILES string of the molecule is CC(C)CN1C(O)=C(C(=O)NC2CC2)C(=O)N2NC(C)C(/C=C/C(=O)N3CCc4cc(Br)ccc43)C12. The maximum Gasteiger partial charge on any atom is 0.280 e. The van der Waals surface area contributed by atoms with Crippen LogP contribution in [0.3, 0.4) is 0 Å². The summed E-state index contributed by atoms with van der Waals surface area (Å²) in [6, 6.07) is 5.78. The van der Waals surface area contributed by atoms with E-state index in [1.165, 1.54) is 5.01 Å². The van der Waals surface area contributed by atoms with Crippen LogP contribution in [-0.4, -0.2) is 64.1 Å². The molecule has 3 N–H and O–H groups in total. The van der Waals surface area contributed by atoms with E-state index in [9.17, 15) is 19.5 Å². The summed E-state index contributed by atoms with van der Waals surface area (Å²) >= 11 is 3.49. The van der Waals surface area contributed by atoms with Gasteiger partial charge in [0.05, 0.1) is 0 Å². The first-order chi connectivity index (χ1) is 17.2. The minimum atomic E-state index is -0.557. The lowest BCUT2D eigenvalue weighted by Crippen LogP contribution is -2.59. The van der Waals surface area contributed by atoms with Crippen LogP contribution in [0.25, 0.3) is 0 Å². The van der Waals surface area contributed by atoms with Crippen molar-refractivity contribution in [1.82, 2.24) is 20.7 Å². The Morgan fingerprint density at radius 3 is 2.75 bits per heavy atom. The van der Waals surface area contributed by atoms with Crippen LogP contribution in [0.5, 0.6) is 0 Å². The van der Waals surface area contributed by atoms with Crippen LogP contribution in [0.15, 0.2) is 46.3 Å². The van der Waals surface area contributed by atoms with Gasteiger partial charge in [-0.3, -0.25) is 14.4 Å². The third-order valence-electron chi connectivity index (χ3n) is 7.14. The molecule has 3 heterocycles. The zero-order chi connectivity index (χ0) is 25.7. The number of rotatable bonds is 6. The Hall–Kier alpha value is -2.85. The van der Waals surface area contributed by atoms with Gasteiger partial charge in [0.2, 0.25) is 5.88 Å². The van der Waals surface area contributed by atoms with E-state index >= 15 is 0 Å². The Morgan fingerprint density at radius 2 is 2.06 bits per heavy atom. The molecule has 2 fully saturated rings. The normalized spacial score (nSPS) is 25.8. The largest absolute Gasteiger partial charge is 0.494 e. The second-order valence-electron chi connectivity index (χ2n) is 10.4. The molecule has 192 valence electrons. The standard InChI is InChI=1S/C26H32BrN5O4/c1-14(2)13-31-24-19(7-9-21(33)30-11-10-16-12-17(27)4-8-20(16)30)15(3)29-32(24)26(36)22(25(31)35)23(34)28-18-5-6-18/h4,7-9,12,14-15,18-19,24,29,35H,5-6,10-11,13H2,1-3H3,(H,28,34)/b9-7+. The summed E-state index contributed by atoms with van der Waals surface area (Å²) in [5.74, 6) is -1.63. The predicted molar refractivity (Wildman–Crippen MR) is 138 cm³/mol. The van der Waals surface area contributed by atoms with Crippen molar-refractivity contribution in [2.75, 3.05) is 18.0 Å². The molecule has 36 heavy (non-hydrogen) atoms. The number of halogens is 1. The number of fused-ring (bicyclic) bond motifs is 2. The lowest BCUT2D eigenvalue weighted by molar-refractivity contribution is -0.142. The Balaban J connectivity index is 1.41. The van der Waals surface area contributed by atoms with Gasteiger partial charge < -0.3 is 20.2 Å². The van der Waals surface area contributed by atoms with Gasteiger partial charge in [0.25, 0.3) is 17.7 Å². The lowest BCUT2D eigenvalue weighted by Gasteiger charge is -2.42. The quantitative estimate of drug-likeness (QED) is 0.367. The van der Waals surface area contributed by atoms with E-state index in [2.05, 4.69) is 26.7 Å². The molecule has 1 aromatic rings. The number of nitrogens with zero attached hydrogens (tertiary/aromatic N) is 3. The van der Waals surface area contributed by atoms with Gasteiger partial charge in [0.1, 0.15) is 6.17 Å². The second-order valence-corrected chi connectivity index (χ2v) is 11.4. The van der Waals surface area contributed by atoms with Crippen molar-refractivity contribution in [3.05, 3.63) is 51.8 Å². The fraction of sp³-hybridized carbons (Fsp3) is 0.500. The van der Waals surface area contributed by atoms with Crippen molar-refractivity contribution in [2.45, 2.75) is 58.3 Å². The van der Waals surface area contributed by atoms with Crippen LogP contribution < -0.4 is 15.6 Å². The van der Waals surface area contributed by atoms with Crippen LogP contribution in [0, 0.1) is 11.8 Å². The first kappa shape index (κ1) is 24.8. The molecule has 0 aromatic heterocycles. The highest BCUT2D eigenvalue weighted by Crippen LogP contribution is 2.36. The summed E-state index contributed by atoms with van der Waals surface area (Å²) < 4.78 is 0.988. The van der Waals surface area contributed by atoms with Gasteiger partial charge in [-0.1, -0.05) is 35.9 Å². The van der Waals surface area contributed by atoms with Crippen LogP contribution in [0.4, 0.5) is 5.69 Å². The summed E-state index contributed by atoms with van der Waals surface area (Å²) in [5, 5.41) is 15.4. The molecule has 3 atom stereocenters. The molecule has 10 heteroatoms. The van der Waals surface area contributed by atoms with Crippen LogP contribution in [0.1, 0.15) is 39.2 Å². The predicted octanol–water partition coefficient (Wildman–Crippen LogP) is 2.59. The average Bonchev–Trinajstić information content (AvgIpc) is 3.42. The van der Waals surface area contributed by atoms with Gasteiger partial charge in [0, 0.05) is 41.3 Å². The van der Waals surface area contributed by atoms with Crippen molar-refractivity contribution in [2.24, 2.45) is 11.8 Å². The average molecular weight is 558 g/mol. The maximum absolute atomic E-state index is 13.4. The van der Waals surface area contributed by atoms with Crippen LogP contribution in [0.2, 0.25) is 0 Å². The minimum absolute atomic E-state index is 0.0610. The zero-order valence-electron chi connectivity index (χ0n) is 20.7. The molecule has 3 unspecified atom stereocenters. The van der Waals surface area contributed by atoms with Gasteiger partial charge >= 0.3 is 0 Å². The molecular formula is C26H32BrN5O4. The Labute approximate surface area is 219 Å². The van der Waals surface area contributed by atoms with Gasteiger partial charge in [-0.2, -0.15) is 0 Å².